The third-order valence-electron chi connectivity index (χ3n) is 4.09. The lowest BCUT2D eigenvalue weighted by Crippen LogP contribution is -2.43. The molecule has 2 N–H and O–H groups in total. The second-order valence-electron chi connectivity index (χ2n) is 5.89. The number of nitrogens with zero attached hydrogens (tertiary/aromatic N) is 1. The van der Waals surface area contributed by atoms with Crippen LogP contribution in [-0.2, 0) is 22.4 Å². The Kier molecular flexibility index (Phi) is 4.79. The standard InChI is InChI=1S/C19H19N3O3/c1-12-17(13(2)25-22-12)11-19(24)21-20-18(23)10-15-8-5-7-14-6-3-4-9-16(14)15/h3-9H,10-11H2,1-2H3,(H,20,23)(H,21,24). The van der Waals surface area contributed by atoms with Crippen LogP contribution in [0.4, 0.5) is 0 Å². The first-order valence-electron chi connectivity index (χ1n) is 8.00. The number of hydrogen-bond acceptors (Lipinski definition) is 4. The van der Waals surface area contributed by atoms with Crippen LogP contribution in [0, 0.1) is 13.8 Å². The van der Waals surface area contributed by atoms with Crippen molar-refractivity contribution in [3.63, 3.8) is 0 Å². The van der Waals surface area contributed by atoms with E-state index in [1.54, 1.807) is 13.8 Å². The topological polar surface area (TPSA) is 84.2 Å². The average Bonchev–Trinajstić information content (AvgIpc) is 2.92. The van der Waals surface area contributed by atoms with Crippen molar-refractivity contribution in [1.82, 2.24) is 16.0 Å². The predicted molar refractivity (Wildman–Crippen MR) is 93.6 cm³/mol. The Hall–Kier alpha value is -3.15. The van der Waals surface area contributed by atoms with Gasteiger partial charge in [-0.1, -0.05) is 47.6 Å². The van der Waals surface area contributed by atoms with Crippen LogP contribution in [0.25, 0.3) is 10.8 Å². The maximum Gasteiger partial charge on any atom is 0.243 e. The normalized spacial score (nSPS) is 10.6. The number of nitrogens with one attached hydrogen (secondary N) is 2. The minimum absolute atomic E-state index is 0.107. The summed E-state index contributed by atoms with van der Waals surface area (Å²) < 4.78 is 5.02. The molecule has 6 nitrogen and oxygen atoms in total. The highest BCUT2D eigenvalue weighted by atomic mass is 16.5. The molecule has 3 rings (SSSR count). The highest BCUT2D eigenvalue weighted by molar-refractivity contribution is 5.91. The maximum atomic E-state index is 12.1. The van der Waals surface area contributed by atoms with Crippen LogP contribution in [-0.4, -0.2) is 17.0 Å². The van der Waals surface area contributed by atoms with Crippen molar-refractivity contribution in [3.05, 3.63) is 65.0 Å². The summed E-state index contributed by atoms with van der Waals surface area (Å²) >= 11 is 0. The molecule has 0 aliphatic heterocycles. The SMILES string of the molecule is Cc1noc(C)c1CC(=O)NNC(=O)Cc1cccc2ccccc12. The number of hydrazine groups is 1. The van der Waals surface area contributed by atoms with E-state index in [0.29, 0.717) is 11.5 Å². The lowest BCUT2D eigenvalue weighted by Gasteiger charge is -2.09. The molecule has 0 fully saturated rings. The average molecular weight is 337 g/mol. The van der Waals surface area contributed by atoms with E-state index in [2.05, 4.69) is 16.0 Å². The summed E-state index contributed by atoms with van der Waals surface area (Å²) in [7, 11) is 0. The molecule has 0 saturated carbocycles. The fourth-order valence-corrected chi connectivity index (χ4v) is 2.76. The summed E-state index contributed by atoms with van der Waals surface area (Å²) in [6.07, 6.45) is 0.294. The summed E-state index contributed by atoms with van der Waals surface area (Å²) in [5.74, 6) is 0.0128. The Bertz CT molecular complexity index is 906. The Labute approximate surface area is 145 Å². The summed E-state index contributed by atoms with van der Waals surface area (Å²) in [6.45, 7) is 3.53. The van der Waals surface area contributed by atoms with Gasteiger partial charge in [0.15, 0.2) is 0 Å². The maximum absolute atomic E-state index is 12.1. The molecule has 0 aliphatic carbocycles. The molecule has 0 spiro atoms. The van der Waals surface area contributed by atoms with Gasteiger partial charge < -0.3 is 4.52 Å². The second kappa shape index (κ2) is 7.17. The van der Waals surface area contributed by atoms with E-state index in [0.717, 1.165) is 21.9 Å². The van der Waals surface area contributed by atoms with Crippen molar-refractivity contribution in [3.8, 4) is 0 Å². The number of amides is 2. The van der Waals surface area contributed by atoms with Crippen molar-refractivity contribution >= 4 is 22.6 Å². The summed E-state index contributed by atoms with van der Waals surface area (Å²) in [5, 5.41) is 5.92. The Morgan fingerprint density at radius 3 is 2.36 bits per heavy atom. The fraction of sp³-hybridized carbons (Fsp3) is 0.211. The van der Waals surface area contributed by atoms with E-state index in [4.69, 9.17) is 4.52 Å². The molecule has 0 saturated heterocycles. The lowest BCUT2D eigenvalue weighted by atomic mass is 10.0. The third kappa shape index (κ3) is 3.85. The van der Waals surface area contributed by atoms with Crippen molar-refractivity contribution < 1.29 is 14.1 Å². The van der Waals surface area contributed by atoms with E-state index >= 15 is 0 Å². The van der Waals surface area contributed by atoms with Crippen LogP contribution in [0.3, 0.4) is 0 Å². The van der Waals surface area contributed by atoms with Crippen molar-refractivity contribution in [1.29, 1.82) is 0 Å². The number of hydrogen-bond donors (Lipinski definition) is 2. The number of fused-ring (bicyclic) bond motifs is 1. The second-order valence-corrected chi connectivity index (χ2v) is 5.89. The third-order valence-corrected chi connectivity index (χ3v) is 4.09. The molecule has 25 heavy (non-hydrogen) atoms. The fourth-order valence-electron chi connectivity index (χ4n) is 2.76. The zero-order valence-corrected chi connectivity index (χ0v) is 14.1. The molecule has 0 unspecified atom stereocenters. The zero-order valence-electron chi connectivity index (χ0n) is 14.1. The molecule has 0 bridgehead atoms. The van der Waals surface area contributed by atoms with Gasteiger partial charge in [-0.05, 0) is 30.2 Å². The highest BCUT2D eigenvalue weighted by Gasteiger charge is 2.14. The number of benzene rings is 2. The van der Waals surface area contributed by atoms with Gasteiger partial charge in [0, 0.05) is 5.56 Å². The van der Waals surface area contributed by atoms with Crippen LogP contribution in [0.5, 0.6) is 0 Å². The van der Waals surface area contributed by atoms with Crippen LogP contribution in [0.2, 0.25) is 0 Å². The Morgan fingerprint density at radius 2 is 1.64 bits per heavy atom. The van der Waals surface area contributed by atoms with Crippen LogP contribution in [0.15, 0.2) is 47.0 Å². The van der Waals surface area contributed by atoms with Crippen LogP contribution < -0.4 is 10.9 Å². The highest BCUT2D eigenvalue weighted by Crippen LogP contribution is 2.18. The van der Waals surface area contributed by atoms with Gasteiger partial charge in [-0.2, -0.15) is 0 Å². The minimum atomic E-state index is -0.319. The number of rotatable bonds is 4. The molecular formula is C19H19N3O3. The largest absolute Gasteiger partial charge is 0.361 e. The van der Waals surface area contributed by atoms with Gasteiger partial charge in [-0.3, -0.25) is 20.4 Å². The van der Waals surface area contributed by atoms with Gasteiger partial charge in [0.2, 0.25) is 11.8 Å². The van der Waals surface area contributed by atoms with Gasteiger partial charge in [-0.25, -0.2) is 0 Å². The van der Waals surface area contributed by atoms with Crippen molar-refractivity contribution in [2.75, 3.05) is 0 Å². The smallest absolute Gasteiger partial charge is 0.243 e. The van der Waals surface area contributed by atoms with Crippen molar-refractivity contribution in [2.24, 2.45) is 0 Å². The monoisotopic (exact) mass is 337 g/mol. The van der Waals surface area contributed by atoms with Gasteiger partial charge in [0.1, 0.15) is 5.76 Å². The van der Waals surface area contributed by atoms with E-state index in [9.17, 15) is 9.59 Å². The molecule has 2 amide bonds. The minimum Gasteiger partial charge on any atom is -0.361 e. The van der Waals surface area contributed by atoms with E-state index in [1.165, 1.54) is 0 Å². The molecule has 6 heteroatoms. The van der Waals surface area contributed by atoms with E-state index in [1.807, 2.05) is 42.5 Å². The molecule has 128 valence electrons. The molecule has 2 aromatic carbocycles. The summed E-state index contributed by atoms with van der Waals surface area (Å²) in [6, 6.07) is 13.7. The molecule has 3 aromatic rings. The van der Waals surface area contributed by atoms with Gasteiger partial charge in [-0.15, -0.1) is 0 Å². The summed E-state index contributed by atoms with van der Waals surface area (Å²) in [4.78, 5) is 24.1. The van der Waals surface area contributed by atoms with E-state index in [-0.39, 0.29) is 24.7 Å². The first kappa shape index (κ1) is 16.7. The van der Waals surface area contributed by atoms with Crippen molar-refractivity contribution in [2.45, 2.75) is 26.7 Å². The summed E-state index contributed by atoms with van der Waals surface area (Å²) in [5.41, 5.74) is 7.22. The molecule has 0 atom stereocenters. The molecule has 1 heterocycles. The van der Waals surface area contributed by atoms with Gasteiger partial charge in [0.05, 0.1) is 18.5 Å². The lowest BCUT2D eigenvalue weighted by molar-refractivity contribution is -0.128. The van der Waals surface area contributed by atoms with Gasteiger partial charge in [0.25, 0.3) is 0 Å². The first-order chi connectivity index (χ1) is 12.0. The quantitative estimate of drug-likeness (QED) is 0.716. The number of aryl methyl sites for hydroxylation is 2. The van der Waals surface area contributed by atoms with Gasteiger partial charge >= 0.3 is 0 Å². The van der Waals surface area contributed by atoms with E-state index < -0.39 is 0 Å². The molecule has 0 aliphatic rings. The Balaban J connectivity index is 1.58. The molecule has 0 radical (unpaired) electrons. The predicted octanol–water partition coefficient (Wildman–Crippen LogP) is 2.38. The number of carbonyl (C=O) groups is 2. The molecule has 1 aromatic heterocycles. The number of aromatic nitrogens is 1. The number of carbonyl (C=O) groups excluding carboxylic acids is 2. The van der Waals surface area contributed by atoms with Crippen LogP contribution >= 0.6 is 0 Å². The zero-order chi connectivity index (χ0) is 17.8. The molecular weight excluding hydrogens is 318 g/mol. The Morgan fingerprint density at radius 1 is 0.960 bits per heavy atom. The first-order valence-corrected chi connectivity index (χ1v) is 8.00. The van der Waals surface area contributed by atoms with Crippen LogP contribution in [0.1, 0.15) is 22.6 Å².